The van der Waals surface area contributed by atoms with Crippen LogP contribution in [0.15, 0.2) is 18.2 Å². The van der Waals surface area contributed by atoms with E-state index in [0.29, 0.717) is 0 Å². The molecular formula is C11H15NO2. The van der Waals surface area contributed by atoms with E-state index >= 15 is 0 Å². The highest BCUT2D eigenvalue weighted by Gasteiger charge is 2.13. The molecule has 0 saturated carbocycles. The van der Waals surface area contributed by atoms with Crippen molar-refractivity contribution in [1.82, 2.24) is 5.32 Å². The Hall–Kier alpha value is -1.22. The van der Waals surface area contributed by atoms with E-state index in [9.17, 15) is 0 Å². The third-order valence-corrected chi connectivity index (χ3v) is 2.26. The van der Waals surface area contributed by atoms with Crippen LogP contribution in [0.5, 0.6) is 11.5 Å². The van der Waals surface area contributed by atoms with E-state index in [0.717, 1.165) is 23.5 Å². The van der Waals surface area contributed by atoms with Crippen LogP contribution in [0.1, 0.15) is 15.2 Å². The van der Waals surface area contributed by atoms with Crippen molar-refractivity contribution in [2.45, 2.75) is 19.4 Å². The number of hydrogen-bond donors (Lipinski definition) is 1. The lowest BCUT2D eigenvalue weighted by molar-refractivity contribution is 0.174. The summed E-state index contributed by atoms with van der Waals surface area (Å²) in [4.78, 5) is 0. The average Bonchev–Trinajstić information content (AvgIpc) is 2.63. The molecule has 0 saturated heterocycles. The summed E-state index contributed by atoms with van der Waals surface area (Å²) in [5, 5.41) is 2.82. The Morgan fingerprint density at radius 1 is 1.50 bits per heavy atom. The number of hydrogen-bond acceptors (Lipinski definition) is 3. The first-order chi connectivity index (χ1) is 7.65. The summed E-state index contributed by atoms with van der Waals surface area (Å²) in [7, 11) is 0. The maximum absolute atomic E-state index is 7.11. The normalized spacial score (nSPS) is 17.9. The fourth-order valence-corrected chi connectivity index (χ4v) is 1.48. The predicted molar refractivity (Wildman–Crippen MR) is 54.8 cm³/mol. The number of nitrogens with one attached hydrogen (secondary N) is 1. The standard InChI is InChI=1S/C11H15NO2/c1-8(12-2)5-9-3-4-10-11(6-9)14-7-13-10/h3-4,6,8,12H,5,7H2,1-2H3/i2D2. The molecule has 0 aliphatic carbocycles. The molecule has 14 heavy (non-hydrogen) atoms. The zero-order valence-electron chi connectivity index (χ0n) is 10.1. The van der Waals surface area contributed by atoms with Crippen molar-refractivity contribution in [3.8, 4) is 11.5 Å². The van der Waals surface area contributed by atoms with Crippen molar-refractivity contribution in [2.24, 2.45) is 0 Å². The number of rotatable bonds is 3. The van der Waals surface area contributed by atoms with Crippen LogP contribution in [-0.4, -0.2) is 19.8 Å². The molecule has 1 N–H and O–H groups in total. The topological polar surface area (TPSA) is 30.5 Å². The van der Waals surface area contributed by atoms with Gasteiger partial charge in [0.25, 0.3) is 0 Å². The Morgan fingerprint density at radius 2 is 2.36 bits per heavy atom. The zero-order valence-corrected chi connectivity index (χ0v) is 8.12. The molecule has 76 valence electrons. The largest absolute Gasteiger partial charge is 0.454 e. The molecule has 0 amide bonds. The molecule has 0 fully saturated rings. The van der Waals surface area contributed by atoms with Crippen LogP contribution in [-0.2, 0) is 6.42 Å². The van der Waals surface area contributed by atoms with Gasteiger partial charge in [0, 0.05) is 8.78 Å². The van der Waals surface area contributed by atoms with E-state index in [1.54, 1.807) is 0 Å². The molecule has 0 spiro atoms. The van der Waals surface area contributed by atoms with Gasteiger partial charge in [-0.1, -0.05) is 6.07 Å². The van der Waals surface area contributed by atoms with Crippen molar-refractivity contribution in [3.05, 3.63) is 23.8 Å². The van der Waals surface area contributed by atoms with Gasteiger partial charge in [-0.3, -0.25) is 0 Å². The lowest BCUT2D eigenvalue weighted by Gasteiger charge is -2.09. The number of fused-ring (bicyclic) bond motifs is 1. The van der Waals surface area contributed by atoms with Crippen LogP contribution >= 0.6 is 0 Å². The number of ether oxygens (including phenoxy) is 2. The Labute approximate surface area is 86.8 Å². The number of benzene rings is 1. The highest BCUT2D eigenvalue weighted by Crippen LogP contribution is 2.32. The van der Waals surface area contributed by atoms with Gasteiger partial charge in [-0.05, 0) is 38.0 Å². The Bertz CT molecular complexity index is 371. The lowest BCUT2D eigenvalue weighted by Crippen LogP contribution is -2.23. The minimum absolute atomic E-state index is 0.0976. The molecule has 1 aliphatic heterocycles. The Balaban J connectivity index is 1.99. The van der Waals surface area contributed by atoms with E-state index in [-0.39, 0.29) is 12.8 Å². The third kappa shape index (κ3) is 1.82. The first-order valence-corrected chi connectivity index (χ1v) is 4.64. The van der Waals surface area contributed by atoms with Gasteiger partial charge in [0.1, 0.15) is 0 Å². The van der Waals surface area contributed by atoms with Gasteiger partial charge in [0.05, 0.1) is 0 Å². The van der Waals surface area contributed by atoms with Crippen LogP contribution in [0.2, 0.25) is 0 Å². The van der Waals surface area contributed by atoms with Crippen LogP contribution in [0.4, 0.5) is 0 Å². The van der Waals surface area contributed by atoms with Crippen LogP contribution in [0, 0.1) is 0 Å². The van der Waals surface area contributed by atoms with Crippen LogP contribution in [0.25, 0.3) is 0 Å². The van der Waals surface area contributed by atoms with Crippen molar-refractivity contribution < 1.29 is 12.2 Å². The summed E-state index contributed by atoms with van der Waals surface area (Å²) in [6.07, 6.45) is 0.769. The molecule has 3 nitrogen and oxygen atoms in total. The first kappa shape index (κ1) is 7.12. The molecule has 1 aromatic rings. The van der Waals surface area contributed by atoms with E-state index in [1.165, 1.54) is 0 Å². The van der Waals surface area contributed by atoms with Gasteiger partial charge >= 0.3 is 0 Å². The Morgan fingerprint density at radius 3 is 3.21 bits per heavy atom. The molecule has 0 radical (unpaired) electrons. The van der Waals surface area contributed by atoms with Gasteiger partial charge in [0.2, 0.25) is 6.79 Å². The molecular weight excluding hydrogens is 178 g/mol. The van der Waals surface area contributed by atoms with Crippen molar-refractivity contribution >= 4 is 0 Å². The molecule has 1 heterocycles. The van der Waals surface area contributed by atoms with Gasteiger partial charge in [-0.2, -0.15) is 0 Å². The Kier molecular flexibility index (Phi) is 1.97. The van der Waals surface area contributed by atoms with Crippen molar-refractivity contribution in [2.75, 3.05) is 13.8 Å². The molecule has 1 unspecified atom stereocenters. The van der Waals surface area contributed by atoms with Crippen molar-refractivity contribution in [1.29, 1.82) is 0 Å². The van der Waals surface area contributed by atoms with Gasteiger partial charge in [-0.25, -0.2) is 0 Å². The zero-order chi connectivity index (χ0) is 11.5. The SMILES string of the molecule is [2H]C([2H])NC(C)Cc1ccc2c(c1)OCO2. The second-order valence-corrected chi connectivity index (χ2v) is 3.46. The highest BCUT2D eigenvalue weighted by atomic mass is 16.7. The van der Waals surface area contributed by atoms with E-state index in [4.69, 9.17) is 12.2 Å². The fourth-order valence-electron chi connectivity index (χ4n) is 1.48. The fraction of sp³-hybridized carbons (Fsp3) is 0.455. The lowest BCUT2D eigenvalue weighted by atomic mass is 10.1. The number of likely N-dealkylation sites (N-methyl/N-ethyl adjacent to an activating group) is 1. The van der Waals surface area contributed by atoms with E-state index < -0.39 is 7.00 Å². The summed E-state index contributed by atoms with van der Waals surface area (Å²) in [6, 6.07) is 5.92. The predicted octanol–water partition coefficient (Wildman–Crippen LogP) is 1.57. The second-order valence-electron chi connectivity index (χ2n) is 3.46. The molecule has 2 rings (SSSR count). The summed E-state index contributed by atoms with van der Waals surface area (Å²) >= 11 is 0. The quantitative estimate of drug-likeness (QED) is 0.794. The van der Waals surface area contributed by atoms with Gasteiger partial charge in [0.15, 0.2) is 11.5 Å². The monoisotopic (exact) mass is 195 g/mol. The van der Waals surface area contributed by atoms with E-state index in [1.807, 2.05) is 25.1 Å². The summed E-state index contributed by atoms with van der Waals surface area (Å²) in [6.45, 7) is 1.26. The summed E-state index contributed by atoms with van der Waals surface area (Å²) < 4.78 is 24.7. The minimum atomic E-state index is -0.982. The molecule has 0 bridgehead atoms. The minimum Gasteiger partial charge on any atom is -0.454 e. The third-order valence-electron chi connectivity index (χ3n) is 2.26. The summed E-state index contributed by atoms with van der Waals surface area (Å²) in [5.74, 6) is 1.56. The first-order valence-electron chi connectivity index (χ1n) is 5.79. The van der Waals surface area contributed by atoms with E-state index in [2.05, 4.69) is 5.32 Å². The molecule has 3 heteroatoms. The van der Waals surface area contributed by atoms with Crippen LogP contribution in [0.3, 0.4) is 0 Å². The van der Waals surface area contributed by atoms with Gasteiger partial charge < -0.3 is 14.8 Å². The molecule has 0 aromatic heterocycles. The highest BCUT2D eigenvalue weighted by molar-refractivity contribution is 5.44. The molecule has 1 aliphatic rings. The smallest absolute Gasteiger partial charge is 0.231 e. The van der Waals surface area contributed by atoms with Crippen LogP contribution < -0.4 is 14.8 Å². The second kappa shape index (κ2) is 3.88. The average molecular weight is 195 g/mol. The maximum Gasteiger partial charge on any atom is 0.231 e. The molecule has 1 aromatic carbocycles. The molecule has 1 atom stereocenters. The van der Waals surface area contributed by atoms with Gasteiger partial charge in [-0.15, -0.1) is 0 Å². The summed E-state index contributed by atoms with van der Waals surface area (Å²) in [5.41, 5.74) is 1.12. The maximum atomic E-state index is 7.11. The van der Waals surface area contributed by atoms with Crippen molar-refractivity contribution in [3.63, 3.8) is 0 Å².